The van der Waals surface area contributed by atoms with Crippen molar-refractivity contribution in [3.63, 3.8) is 0 Å². The summed E-state index contributed by atoms with van der Waals surface area (Å²) < 4.78 is 24.5. The highest BCUT2D eigenvalue weighted by molar-refractivity contribution is 7.91. The van der Waals surface area contributed by atoms with Gasteiger partial charge in [-0.15, -0.1) is 0 Å². The molecule has 1 aromatic carbocycles. The lowest BCUT2D eigenvalue weighted by molar-refractivity contribution is 0.249. The summed E-state index contributed by atoms with van der Waals surface area (Å²) in [6.45, 7) is 1.84. The zero-order chi connectivity index (χ0) is 16.4. The number of para-hydroxylation sites is 1. The lowest BCUT2D eigenvalue weighted by Gasteiger charge is -2.13. The number of nitrogens with one attached hydrogen (secondary N) is 2. The van der Waals surface area contributed by atoms with E-state index in [1.165, 1.54) is 0 Å². The van der Waals surface area contributed by atoms with Gasteiger partial charge in [-0.2, -0.15) is 5.10 Å². The Morgan fingerprint density at radius 2 is 2.04 bits per heavy atom. The smallest absolute Gasteiger partial charge is 0.320 e. The van der Waals surface area contributed by atoms with Gasteiger partial charge in [0.2, 0.25) is 0 Å². The summed E-state index contributed by atoms with van der Waals surface area (Å²) in [6, 6.07) is 10.5. The van der Waals surface area contributed by atoms with Crippen LogP contribution in [-0.2, 0) is 9.84 Å². The Balaban J connectivity index is 1.72. The van der Waals surface area contributed by atoms with Gasteiger partial charge in [0.05, 0.1) is 22.9 Å². The summed E-state index contributed by atoms with van der Waals surface area (Å²) in [5, 5.41) is 9.81. The summed E-state index contributed by atoms with van der Waals surface area (Å²) in [6.07, 6.45) is 0.451. The Kier molecular flexibility index (Phi) is 4.08. The molecule has 2 amide bonds. The van der Waals surface area contributed by atoms with Crippen molar-refractivity contribution in [3.8, 4) is 5.69 Å². The molecule has 0 unspecified atom stereocenters. The highest BCUT2D eigenvalue weighted by Gasteiger charge is 2.29. The molecule has 1 aromatic heterocycles. The number of amides is 2. The minimum absolute atomic E-state index is 0.00258. The maximum Gasteiger partial charge on any atom is 0.320 e. The minimum atomic E-state index is -3.02. The van der Waals surface area contributed by atoms with E-state index >= 15 is 0 Å². The van der Waals surface area contributed by atoms with Crippen molar-refractivity contribution in [1.82, 2.24) is 15.1 Å². The molecule has 1 atom stereocenters. The van der Waals surface area contributed by atoms with Gasteiger partial charge < -0.3 is 5.32 Å². The number of sulfone groups is 1. The van der Waals surface area contributed by atoms with E-state index in [2.05, 4.69) is 15.7 Å². The van der Waals surface area contributed by atoms with Gasteiger partial charge in [0, 0.05) is 12.1 Å². The molecule has 1 aliphatic heterocycles. The highest BCUT2D eigenvalue weighted by atomic mass is 32.2. The molecule has 1 aliphatic rings. The Morgan fingerprint density at radius 3 is 2.70 bits per heavy atom. The number of hydrogen-bond acceptors (Lipinski definition) is 4. The molecule has 0 aliphatic carbocycles. The summed E-state index contributed by atoms with van der Waals surface area (Å²) in [4.78, 5) is 12.1. The largest absolute Gasteiger partial charge is 0.334 e. The molecule has 2 N–H and O–H groups in total. The lowest BCUT2D eigenvalue weighted by Crippen LogP contribution is -2.39. The van der Waals surface area contributed by atoms with Crippen molar-refractivity contribution < 1.29 is 13.2 Å². The number of aromatic nitrogens is 2. The average molecular weight is 334 g/mol. The number of carbonyl (C=O) groups excluding carboxylic acids is 1. The number of hydrogen-bond donors (Lipinski definition) is 2. The predicted molar refractivity (Wildman–Crippen MR) is 87.5 cm³/mol. The number of aryl methyl sites for hydroxylation is 1. The Bertz CT molecular complexity index is 815. The highest BCUT2D eigenvalue weighted by Crippen LogP contribution is 2.17. The average Bonchev–Trinajstić information content (AvgIpc) is 3.02. The number of rotatable bonds is 3. The molecular formula is C15H18N4O3S. The molecule has 3 rings (SSSR count). The van der Waals surface area contributed by atoms with Crippen LogP contribution in [-0.4, -0.2) is 41.8 Å². The molecule has 0 radical (unpaired) electrons. The number of urea groups is 1. The monoisotopic (exact) mass is 334 g/mol. The molecule has 0 bridgehead atoms. The first-order valence-corrected chi connectivity index (χ1v) is 9.15. The molecule has 1 fully saturated rings. The second kappa shape index (κ2) is 6.04. The van der Waals surface area contributed by atoms with Crippen molar-refractivity contribution in [2.24, 2.45) is 0 Å². The molecule has 8 heteroatoms. The zero-order valence-corrected chi connectivity index (χ0v) is 13.5. The third-order valence-electron chi connectivity index (χ3n) is 3.64. The van der Waals surface area contributed by atoms with Gasteiger partial charge in [0.15, 0.2) is 9.84 Å². The van der Waals surface area contributed by atoms with Crippen LogP contribution in [0.25, 0.3) is 5.69 Å². The molecule has 23 heavy (non-hydrogen) atoms. The second-order valence-electron chi connectivity index (χ2n) is 5.62. The Labute approximate surface area is 134 Å². The molecule has 1 saturated heterocycles. The standard InChI is InChI=1S/C15H18N4O3S/c1-11-9-14(19(18-11)13-5-3-2-4-6-13)17-15(20)16-12-7-8-23(21,22)10-12/h2-6,9,12H,7-8,10H2,1H3,(H2,16,17,20)/t12-/m0/s1. The van der Waals surface area contributed by atoms with Gasteiger partial charge in [-0.05, 0) is 25.5 Å². The van der Waals surface area contributed by atoms with Crippen LogP contribution in [0.15, 0.2) is 36.4 Å². The number of nitrogens with zero attached hydrogens (tertiary/aromatic N) is 2. The first-order chi connectivity index (χ1) is 10.9. The topological polar surface area (TPSA) is 93.1 Å². The molecule has 2 heterocycles. The predicted octanol–water partition coefficient (Wildman–Crippen LogP) is 1.49. The van der Waals surface area contributed by atoms with Gasteiger partial charge >= 0.3 is 6.03 Å². The lowest BCUT2D eigenvalue weighted by atomic mass is 10.3. The number of anilines is 1. The van der Waals surface area contributed by atoms with E-state index in [0.717, 1.165) is 11.4 Å². The van der Waals surface area contributed by atoms with E-state index in [-0.39, 0.29) is 17.5 Å². The van der Waals surface area contributed by atoms with Crippen LogP contribution in [0.4, 0.5) is 10.6 Å². The number of carbonyl (C=O) groups is 1. The van der Waals surface area contributed by atoms with Gasteiger partial charge in [-0.25, -0.2) is 17.9 Å². The first kappa shape index (κ1) is 15.5. The summed E-state index contributed by atoms with van der Waals surface area (Å²) in [5.74, 6) is 0.656. The van der Waals surface area contributed by atoms with E-state index < -0.39 is 15.9 Å². The fourth-order valence-electron chi connectivity index (χ4n) is 2.60. The van der Waals surface area contributed by atoms with Gasteiger partial charge in [0.25, 0.3) is 0 Å². The van der Waals surface area contributed by atoms with Crippen molar-refractivity contribution in [2.45, 2.75) is 19.4 Å². The maximum absolute atomic E-state index is 12.1. The van der Waals surface area contributed by atoms with Gasteiger partial charge in [-0.1, -0.05) is 18.2 Å². The van der Waals surface area contributed by atoms with E-state index in [9.17, 15) is 13.2 Å². The zero-order valence-electron chi connectivity index (χ0n) is 12.7. The van der Waals surface area contributed by atoms with Crippen molar-refractivity contribution >= 4 is 21.7 Å². The van der Waals surface area contributed by atoms with Crippen LogP contribution in [0.1, 0.15) is 12.1 Å². The van der Waals surface area contributed by atoms with E-state index in [1.807, 2.05) is 37.3 Å². The SMILES string of the molecule is Cc1cc(NC(=O)N[C@H]2CCS(=O)(=O)C2)n(-c2ccccc2)n1. The van der Waals surface area contributed by atoms with Crippen molar-refractivity contribution in [1.29, 1.82) is 0 Å². The van der Waals surface area contributed by atoms with Crippen LogP contribution < -0.4 is 10.6 Å². The maximum atomic E-state index is 12.1. The summed E-state index contributed by atoms with van der Waals surface area (Å²) >= 11 is 0. The van der Waals surface area contributed by atoms with Crippen molar-refractivity contribution in [3.05, 3.63) is 42.1 Å². The van der Waals surface area contributed by atoms with Crippen molar-refractivity contribution in [2.75, 3.05) is 16.8 Å². The summed E-state index contributed by atoms with van der Waals surface area (Å²) in [5.41, 5.74) is 1.60. The van der Waals surface area contributed by atoms with Gasteiger partial charge in [-0.3, -0.25) is 5.32 Å². The third kappa shape index (κ3) is 3.70. The minimum Gasteiger partial charge on any atom is -0.334 e. The van der Waals surface area contributed by atoms with Crippen LogP contribution >= 0.6 is 0 Å². The quantitative estimate of drug-likeness (QED) is 0.889. The van der Waals surface area contributed by atoms with Crippen LogP contribution in [0, 0.1) is 6.92 Å². The Hall–Kier alpha value is -2.35. The molecule has 0 spiro atoms. The van der Waals surface area contributed by atoms with E-state index in [4.69, 9.17) is 0 Å². The third-order valence-corrected chi connectivity index (χ3v) is 5.41. The fraction of sp³-hybridized carbons (Fsp3) is 0.333. The van der Waals surface area contributed by atoms with Crippen LogP contribution in [0.5, 0.6) is 0 Å². The molecule has 0 saturated carbocycles. The summed E-state index contributed by atoms with van der Waals surface area (Å²) in [7, 11) is -3.02. The number of benzene rings is 1. The first-order valence-electron chi connectivity index (χ1n) is 7.33. The normalized spacial score (nSPS) is 19.4. The molecule has 2 aromatic rings. The Morgan fingerprint density at radius 1 is 1.30 bits per heavy atom. The van der Waals surface area contributed by atoms with E-state index in [0.29, 0.717) is 12.2 Å². The molecular weight excluding hydrogens is 316 g/mol. The molecule has 122 valence electrons. The van der Waals surface area contributed by atoms with Crippen LogP contribution in [0.3, 0.4) is 0 Å². The van der Waals surface area contributed by atoms with Crippen LogP contribution in [0.2, 0.25) is 0 Å². The van der Waals surface area contributed by atoms with E-state index in [1.54, 1.807) is 10.7 Å². The second-order valence-corrected chi connectivity index (χ2v) is 7.85. The van der Waals surface area contributed by atoms with Gasteiger partial charge in [0.1, 0.15) is 5.82 Å². The molecule has 7 nitrogen and oxygen atoms in total. The fourth-order valence-corrected chi connectivity index (χ4v) is 4.27.